The number of carbonyl (C=O) groups is 2. The van der Waals surface area contributed by atoms with Crippen LogP contribution in [0.25, 0.3) is 0 Å². The van der Waals surface area contributed by atoms with Crippen molar-refractivity contribution in [2.75, 3.05) is 13.5 Å². The van der Waals surface area contributed by atoms with E-state index in [9.17, 15) is 14.2 Å². The van der Waals surface area contributed by atoms with Gasteiger partial charge in [0.25, 0.3) is 11.8 Å². The van der Waals surface area contributed by atoms with Crippen LogP contribution in [0.1, 0.15) is 87.2 Å². The molecule has 2 fully saturated rings. The second-order valence-electron chi connectivity index (χ2n) is 16.1. The summed E-state index contributed by atoms with van der Waals surface area (Å²) in [6.07, 6.45) is 0. The minimum atomic E-state index is -3.14. The van der Waals surface area contributed by atoms with E-state index < -0.39 is 70.2 Å². The van der Waals surface area contributed by atoms with Gasteiger partial charge in [0.15, 0.2) is 0 Å². The van der Waals surface area contributed by atoms with Crippen molar-refractivity contribution in [1.82, 2.24) is 10.6 Å². The van der Waals surface area contributed by atoms with Crippen LogP contribution in [0.2, 0.25) is 0 Å². The third kappa shape index (κ3) is 10.2. The van der Waals surface area contributed by atoms with Crippen molar-refractivity contribution in [2.45, 2.75) is 91.0 Å². The van der Waals surface area contributed by atoms with Crippen LogP contribution in [0.4, 0.5) is 0 Å². The van der Waals surface area contributed by atoms with Gasteiger partial charge in [-0.05, 0) is 102 Å². The van der Waals surface area contributed by atoms with Gasteiger partial charge in [-0.15, -0.1) is 0 Å². The van der Waals surface area contributed by atoms with Crippen molar-refractivity contribution in [3.63, 3.8) is 0 Å². The quantitative estimate of drug-likeness (QED) is 0.0787. The molecule has 306 valence electrons. The van der Waals surface area contributed by atoms with Crippen LogP contribution >= 0.6 is 8.25 Å². The van der Waals surface area contributed by atoms with Crippen LogP contribution in [0, 0.1) is 0 Å². The van der Waals surface area contributed by atoms with Gasteiger partial charge in [-0.2, -0.15) is 0 Å². The summed E-state index contributed by atoms with van der Waals surface area (Å²) in [5.74, 6) is -0.454. The SMILES string of the molecule is CC1(C)OB(c2ccc(C(=O)NCO[PH](=O)OCNC(=O)c3ccc(B4OC(C)(C)C(C)(C)O4)cc3OCc3ccccc3)c(OCc3ccccc3)c2)OC1(C)C. The summed E-state index contributed by atoms with van der Waals surface area (Å²) >= 11 is 0. The molecule has 58 heavy (non-hydrogen) atoms. The summed E-state index contributed by atoms with van der Waals surface area (Å²) in [6.45, 7) is 15.3. The zero-order valence-corrected chi connectivity index (χ0v) is 35.2. The molecule has 0 bridgehead atoms. The first-order chi connectivity index (χ1) is 27.4. The number of rotatable bonds is 16. The van der Waals surface area contributed by atoms with E-state index in [1.54, 1.807) is 36.4 Å². The highest BCUT2D eigenvalue weighted by atomic mass is 31.1. The molecule has 6 rings (SSSR count). The fraction of sp³-hybridized carbons (Fsp3) is 0.381. The van der Waals surface area contributed by atoms with E-state index in [4.69, 9.17) is 37.1 Å². The molecule has 0 saturated carbocycles. The van der Waals surface area contributed by atoms with Crippen molar-refractivity contribution >= 4 is 45.2 Å². The second-order valence-corrected chi connectivity index (χ2v) is 17.2. The number of ether oxygens (including phenoxy) is 2. The Bertz CT molecular complexity index is 1920. The van der Waals surface area contributed by atoms with Gasteiger partial charge in [0.1, 0.15) is 38.2 Å². The second kappa shape index (κ2) is 17.8. The maximum Gasteiger partial charge on any atom is 0.494 e. The van der Waals surface area contributed by atoms with Gasteiger partial charge in [-0.3, -0.25) is 23.2 Å². The number of hydrogen-bond donors (Lipinski definition) is 2. The van der Waals surface area contributed by atoms with E-state index in [1.807, 2.05) is 116 Å². The van der Waals surface area contributed by atoms with Gasteiger partial charge in [-0.1, -0.05) is 72.8 Å². The molecular formula is C42H51B2N2O11P. The Hall–Kier alpha value is -4.46. The van der Waals surface area contributed by atoms with Crippen molar-refractivity contribution < 1.29 is 51.3 Å². The molecule has 13 nitrogen and oxygen atoms in total. The summed E-state index contributed by atoms with van der Waals surface area (Å²) in [5, 5.41) is 5.20. The summed E-state index contributed by atoms with van der Waals surface area (Å²) in [4.78, 5) is 26.7. The number of carbonyl (C=O) groups excluding carboxylic acids is 2. The van der Waals surface area contributed by atoms with Gasteiger partial charge >= 0.3 is 22.5 Å². The Morgan fingerprint density at radius 2 is 0.897 bits per heavy atom. The summed E-state index contributed by atoms with van der Waals surface area (Å²) < 4.78 is 60.3. The highest BCUT2D eigenvalue weighted by Crippen LogP contribution is 2.38. The molecule has 0 spiro atoms. The van der Waals surface area contributed by atoms with Crippen molar-refractivity contribution in [3.8, 4) is 11.5 Å². The zero-order valence-electron chi connectivity index (χ0n) is 34.2. The molecule has 2 saturated heterocycles. The Morgan fingerprint density at radius 1 is 0.552 bits per heavy atom. The number of benzene rings is 4. The van der Waals surface area contributed by atoms with Gasteiger partial charge in [-0.25, -0.2) is 0 Å². The third-order valence-corrected chi connectivity index (χ3v) is 11.6. The van der Waals surface area contributed by atoms with Crippen molar-refractivity contribution in [2.24, 2.45) is 0 Å². The van der Waals surface area contributed by atoms with Crippen LogP contribution in [0.15, 0.2) is 97.1 Å². The minimum absolute atomic E-state index is 0.211. The average molecular weight is 812 g/mol. The van der Waals surface area contributed by atoms with E-state index in [1.165, 1.54) is 0 Å². The maximum atomic E-state index is 13.4. The Labute approximate surface area is 341 Å². The normalized spacial score (nSPS) is 17.6. The molecule has 2 N–H and O–H groups in total. The molecule has 16 heteroatoms. The predicted molar refractivity (Wildman–Crippen MR) is 222 cm³/mol. The molecule has 0 aromatic heterocycles. The first-order valence-corrected chi connectivity index (χ1v) is 20.4. The molecule has 2 aliphatic heterocycles. The van der Waals surface area contributed by atoms with Gasteiger partial charge in [0, 0.05) is 0 Å². The number of amides is 2. The topological polar surface area (TPSA) is 149 Å². The van der Waals surface area contributed by atoms with Crippen LogP contribution in [0.3, 0.4) is 0 Å². The van der Waals surface area contributed by atoms with Crippen LogP contribution in [0.5, 0.6) is 11.5 Å². The standard InChI is InChI=1S/C42H51B2N2O11P/c1-39(2)40(3,4)55-43(54-39)31-19-21-33(35(23-31)50-25-29-15-11-9-12-16-29)37(47)45-27-52-58(49)53-28-46-38(48)34-22-20-32(44-56-41(5,6)42(7,8)57-44)24-36(34)51-26-30-17-13-10-14-18-30/h9-24,58H,25-28H2,1-8H3,(H,45,47)(H,46,48). The Balaban J connectivity index is 1.04. The predicted octanol–water partition coefficient (Wildman–Crippen LogP) is 5.94. The van der Waals surface area contributed by atoms with Gasteiger partial charge in [0.2, 0.25) is 0 Å². The smallest absolute Gasteiger partial charge is 0.488 e. The van der Waals surface area contributed by atoms with Gasteiger partial charge in [0.05, 0.1) is 33.5 Å². The van der Waals surface area contributed by atoms with E-state index in [0.717, 1.165) is 11.1 Å². The highest BCUT2D eigenvalue weighted by Gasteiger charge is 2.53. The number of hydrogen-bond acceptors (Lipinski definition) is 11. The minimum Gasteiger partial charge on any atom is -0.488 e. The summed E-state index contributed by atoms with van der Waals surface area (Å²) in [6, 6.07) is 29.3. The molecule has 4 aromatic rings. The zero-order chi connectivity index (χ0) is 41.7. The molecule has 2 amide bonds. The fourth-order valence-corrected chi connectivity index (χ4v) is 6.43. The molecule has 0 atom stereocenters. The first-order valence-electron chi connectivity index (χ1n) is 19.1. The van der Waals surface area contributed by atoms with Crippen LogP contribution in [-0.2, 0) is 45.4 Å². The van der Waals surface area contributed by atoms with Crippen molar-refractivity contribution in [1.29, 1.82) is 0 Å². The fourth-order valence-electron chi connectivity index (χ4n) is 5.97. The molecule has 0 unspecified atom stereocenters. The lowest BCUT2D eigenvalue weighted by Crippen LogP contribution is -2.41. The van der Waals surface area contributed by atoms with Crippen molar-refractivity contribution in [3.05, 3.63) is 119 Å². The monoisotopic (exact) mass is 812 g/mol. The molecule has 4 aromatic carbocycles. The Morgan fingerprint density at radius 3 is 1.24 bits per heavy atom. The molecule has 2 heterocycles. The van der Waals surface area contributed by atoms with E-state index in [0.29, 0.717) is 22.4 Å². The van der Waals surface area contributed by atoms with Crippen LogP contribution < -0.4 is 31.0 Å². The van der Waals surface area contributed by atoms with E-state index >= 15 is 0 Å². The highest BCUT2D eigenvalue weighted by molar-refractivity contribution is 7.33. The third-order valence-electron chi connectivity index (χ3n) is 10.9. The lowest BCUT2D eigenvalue weighted by atomic mass is 9.78. The molecule has 2 aliphatic rings. The van der Waals surface area contributed by atoms with E-state index in [-0.39, 0.29) is 24.3 Å². The maximum absolute atomic E-state index is 13.4. The lowest BCUT2D eigenvalue weighted by molar-refractivity contribution is 0.00578. The molecule has 0 aliphatic carbocycles. The first kappa shape index (κ1) is 43.1. The number of nitrogens with one attached hydrogen (secondary N) is 2. The van der Waals surface area contributed by atoms with Crippen LogP contribution in [-0.4, -0.2) is 61.9 Å². The van der Waals surface area contributed by atoms with Gasteiger partial charge < -0.3 is 38.7 Å². The molecule has 0 radical (unpaired) electrons. The summed E-state index contributed by atoms with van der Waals surface area (Å²) in [5.41, 5.74) is 1.42. The average Bonchev–Trinajstić information content (AvgIpc) is 3.55. The largest absolute Gasteiger partial charge is 0.494 e. The summed E-state index contributed by atoms with van der Waals surface area (Å²) in [7, 11) is -4.47. The Kier molecular flexibility index (Phi) is 13.2. The lowest BCUT2D eigenvalue weighted by Gasteiger charge is -2.32. The molecular weight excluding hydrogens is 761 g/mol. The van der Waals surface area contributed by atoms with E-state index in [2.05, 4.69) is 10.6 Å².